The van der Waals surface area contributed by atoms with Gasteiger partial charge in [-0.3, -0.25) is 19.9 Å². The molecule has 0 spiro atoms. The highest BCUT2D eigenvalue weighted by molar-refractivity contribution is 9.10. The Bertz CT molecular complexity index is 552. The average molecular weight is 344 g/mol. The maximum absolute atomic E-state index is 11.1. The molecule has 1 N–H and O–H groups in total. The molecular weight excluding hydrogens is 330 g/mol. The van der Waals surface area contributed by atoms with E-state index in [2.05, 4.69) is 20.9 Å². The molecule has 1 aromatic rings. The average Bonchev–Trinajstić information content (AvgIpc) is 2.38. The molecule has 2 rings (SSSR count). The fourth-order valence-corrected chi connectivity index (χ4v) is 3.11. The maximum Gasteiger partial charge on any atom is 0.311 e. The standard InChI is InChI=1S/C12H14BrN3O4/c1-7-4-8(12(17)18)2-3-15(7)11-9(13)5-14-6-10(11)16(19)20/h5-8H,2-4H2,1H3,(H,17,18). The molecule has 0 radical (unpaired) electrons. The van der Waals surface area contributed by atoms with Crippen LogP contribution < -0.4 is 4.90 Å². The van der Waals surface area contributed by atoms with E-state index in [1.807, 2.05) is 11.8 Å². The minimum absolute atomic E-state index is 0.0694. The van der Waals surface area contributed by atoms with Gasteiger partial charge in [0, 0.05) is 18.8 Å². The Hall–Kier alpha value is -1.70. The molecule has 20 heavy (non-hydrogen) atoms. The lowest BCUT2D eigenvalue weighted by Crippen LogP contribution is -2.43. The zero-order valence-corrected chi connectivity index (χ0v) is 12.4. The van der Waals surface area contributed by atoms with Crippen molar-refractivity contribution < 1.29 is 14.8 Å². The third-order valence-electron chi connectivity index (χ3n) is 3.56. The Balaban J connectivity index is 2.33. The second-order valence-electron chi connectivity index (χ2n) is 4.85. The Morgan fingerprint density at radius 1 is 1.60 bits per heavy atom. The number of aromatic nitrogens is 1. The van der Waals surface area contributed by atoms with Crippen LogP contribution in [0.5, 0.6) is 0 Å². The van der Waals surface area contributed by atoms with Crippen LogP contribution in [0.1, 0.15) is 19.8 Å². The van der Waals surface area contributed by atoms with E-state index in [1.165, 1.54) is 12.4 Å². The molecule has 0 amide bonds. The number of aliphatic carboxylic acids is 1. The zero-order valence-electron chi connectivity index (χ0n) is 10.8. The van der Waals surface area contributed by atoms with Gasteiger partial charge in [0.05, 0.1) is 15.3 Å². The summed E-state index contributed by atoms with van der Waals surface area (Å²) in [5.74, 6) is -1.19. The number of rotatable bonds is 3. The number of nitro groups is 1. The van der Waals surface area contributed by atoms with Gasteiger partial charge in [-0.1, -0.05) is 0 Å². The predicted molar refractivity (Wildman–Crippen MR) is 75.8 cm³/mol. The summed E-state index contributed by atoms with van der Waals surface area (Å²) in [6.07, 6.45) is 3.68. The van der Waals surface area contributed by atoms with Gasteiger partial charge in [-0.25, -0.2) is 0 Å². The summed E-state index contributed by atoms with van der Waals surface area (Å²) < 4.78 is 0.548. The quantitative estimate of drug-likeness (QED) is 0.668. The van der Waals surface area contributed by atoms with E-state index >= 15 is 0 Å². The first-order valence-corrected chi connectivity index (χ1v) is 6.98. The van der Waals surface area contributed by atoms with Crippen LogP contribution in [0.15, 0.2) is 16.9 Å². The lowest BCUT2D eigenvalue weighted by molar-refractivity contribution is -0.384. The van der Waals surface area contributed by atoms with Gasteiger partial charge in [-0.2, -0.15) is 0 Å². The van der Waals surface area contributed by atoms with Gasteiger partial charge in [0.15, 0.2) is 0 Å². The molecule has 0 bridgehead atoms. The van der Waals surface area contributed by atoms with Crippen LogP contribution in [0, 0.1) is 16.0 Å². The Morgan fingerprint density at radius 2 is 2.30 bits per heavy atom. The summed E-state index contributed by atoms with van der Waals surface area (Å²) in [5, 5.41) is 20.2. The van der Waals surface area contributed by atoms with Gasteiger partial charge in [0.25, 0.3) is 0 Å². The SMILES string of the molecule is CC1CC(C(=O)O)CCN1c1c(Br)cncc1[N+](=O)[O-]. The molecule has 108 valence electrons. The van der Waals surface area contributed by atoms with Crippen molar-refractivity contribution in [2.24, 2.45) is 5.92 Å². The van der Waals surface area contributed by atoms with Crippen molar-refractivity contribution in [3.05, 3.63) is 27.0 Å². The number of carbonyl (C=O) groups is 1. The predicted octanol–water partition coefficient (Wildman–Crippen LogP) is 2.44. The van der Waals surface area contributed by atoms with Crippen LogP contribution in [0.2, 0.25) is 0 Å². The Morgan fingerprint density at radius 3 is 2.85 bits per heavy atom. The number of nitrogens with zero attached hydrogens (tertiary/aromatic N) is 3. The van der Waals surface area contributed by atoms with Crippen molar-refractivity contribution in [3.8, 4) is 0 Å². The number of halogens is 1. The van der Waals surface area contributed by atoms with Crippen molar-refractivity contribution in [2.45, 2.75) is 25.8 Å². The maximum atomic E-state index is 11.1. The molecule has 8 heteroatoms. The highest BCUT2D eigenvalue weighted by atomic mass is 79.9. The largest absolute Gasteiger partial charge is 0.481 e. The normalized spacial score (nSPS) is 22.6. The third-order valence-corrected chi connectivity index (χ3v) is 4.14. The van der Waals surface area contributed by atoms with Crippen LogP contribution in [-0.4, -0.2) is 33.6 Å². The van der Waals surface area contributed by atoms with Crippen molar-refractivity contribution in [1.82, 2.24) is 4.98 Å². The fraction of sp³-hybridized carbons (Fsp3) is 0.500. The van der Waals surface area contributed by atoms with E-state index in [0.29, 0.717) is 29.5 Å². The van der Waals surface area contributed by atoms with Gasteiger partial charge in [0.1, 0.15) is 11.9 Å². The molecule has 1 aromatic heterocycles. The first-order valence-electron chi connectivity index (χ1n) is 6.19. The topological polar surface area (TPSA) is 96.6 Å². The molecule has 1 fully saturated rings. The molecule has 2 heterocycles. The van der Waals surface area contributed by atoms with Crippen molar-refractivity contribution >= 4 is 33.3 Å². The third kappa shape index (κ3) is 2.74. The molecular formula is C12H14BrN3O4. The summed E-state index contributed by atoms with van der Waals surface area (Å²) in [6, 6.07) is -0.0813. The first-order chi connectivity index (χ1) is 9.41. The molecule has 7 nitrogen and oxygen atoms in total. The van der Waals surface area contributed by atoms with E-state index in [4.69, 9.17) is 5.11 Å². The molecule has 1 saturated heterocycles. The van der Waals surface area contributed by atoms with Crippen LogP contribution in [-0.2, 0) is 4.79 Å². The molecule has 2 atom stereocenters. The molecule has 0 aliphatic carbocycles. The van der Waals surface area contributed by atoms with E-state index in [-0.39, 0.29) is 17.6 Å². The van der Waals surface area contributed by atoms with Crippen LogP contribution in [0.3, 0.4) is 0 Å². The van der Waals surface area contributed by atoms with Gasteiger partial charge in [0.2, 0.25) is 0 Å². The lowest BCUT2D eigenvalue weighted by Gasteiger charge is -2.37. The second kappa shape index (κ2) is 5.74. The highest BCUT2D eigenvalue weighted by Crippen LogP contribution is 2.38. The lowest BCUT2D eigenvalue weighted by atomic mass is 9.91. The first kappa shape index (κ1) is 14.7. The van der Waals surface area contributed by atoms with E-state index in [1.54, 1.807) is 0 Å². The van der Waals surface area contributed by atoms with E-state index < -0.39 is 10.9 Å². The van der Waals surface area contributed by atoms with Gasteiger partial charge in [-0.05, 0) is 35.7 Å². The fourth-order valence-electron chi connectivity index (χ4n) is 2.56. The van der Waals surface area contributed by atoms with E-state index in [9.17, 15) is 14.9 Å². The number of carboxylic acids is 1. The summed E-state index contributed by atoms with van der Waals surface area (Å²) in [7, 11) is 0. The van der Waals surface area contributed by atoms with Crippen molar-refractivity contribution in [3.63, 3.8) is 0 Å². The molecule has 1 aliphatic rings. The van der Waals surface area contributed by atoms with Crippen LogP contribution in [0.25, 0.3) is 0 Å². The summed E-state index contributed by atoms with van der Waals surface area (Å²) in [4.78, 5) is 27.4. The van der Waals surface area contributed by atoms with Crippen LogP contribution >= 0.6 is 15.9 Å². The van der Waals surface area contributed by atoms with Gasteiger partial charge < -0.3 is 10.0 Å². The number of hydrogen-bond donors (Lipinski definition) is 1. The molecule has 0 saturated carbocycles. The summed E-state index contributed by atoms with van der Waals surface area (Å²) >= 11 is 3.30. The minimum Gasteiger partial charge on any atom is -0.481 e. The highest BCUT2D eigenvalue weighted by Gasteiger charge is 2.34. The number of carboxylic acid groups (broad SMARTS) is 1. The van der Waals surface area contributed by atoms with Crippen molar-refractivity contribution in [1.29, 1.82) is 0 Å². The van der Waals surface area contributed by atoms with Gasteiger partial charge >= 0.3 is 11.7 Å². The molecule has 2 unspecified atom stereocenters. The van der Waals surface area contributed by atoms with E-state index in [0.717, 1.165) is 0 Å². The summed E-state index contributed by atoms with van der Waals surface area (Å²) in [6.45, 7) is 2.35. The molecule has 1 aliphatic heterocycles. The number of anilines is 1. The minimum atomic E-state index is -0.806. The monoisotopic (exact) mass is 343 g/mol. The summed E-state index contributed by atoms with van der Waals surface area (Å²) in [5.41, 5.74) is 0.404. The number of piperidine rings is 1. The Kier molecular flexibility index (Phi) is 4.22. The number of pyridine rings is 1. The number of hydrogen-bond acceptors (Lipinski definition) is 5. The zero-order chi connectivity index (χ0) is 14.9. The van der Waals surface area contributed by atoms with Crippen molar-refractivity contribution in [2.75, 3.05) is 11.4 Å². The van der Waals surface area contributed by atoms with Crippen LogP contribution in [0.4, 0.5) is 11.4 Å². The second-order valence-corrected chi connectivity index (χ2v) is 5.70. The Labute approximate surface area is 123 Å². The smallest absolute Gasteiger partial charge is 0.311 e. The molecule has 0 aromatic carbocycles. The van der Waals surface area contributed by atoms with Gasteiger partial charge in [-0.15, -0.1) is 0 Å².